The molecule has 0 aliphatic rings. The van der Waals surface area contributed by atoms with E-state index >= 15 is 0 Å². The van der Waals surface area contributed by atoms with Crippen LogP contribution in [0.1, 0.15) is 15.9 Å². The average Bonchev–Trinajstić information content (AvgIpc) is 2.27. The molecular weight excluding hydrogens is 316 g/mol. The molecule has 5 heteroatoms. The molecule has 92 valence electrons. The monoisotopic (exact) mass is 324 g/mol. The Morgan fingerprint density at radius 2 is 2.06 bits per heavy atom. The summed E-state index contributed by atoms with van der Waals surface area (Å²) in [4.78, 5) is 16.0. The first-order valence-electron chi connectivity index (χ1n) is 5.24. The topological polar surface area (TPSA) is 42.0 Å². The number of pyridine rings is 1. The van der Waals surface area contributed by atoms with Crippen molar-refractivity contribution in [3.63, 3.8) is 0 Å². The third-order valence-corrected chi connectivity index (χ3v) is 2.93. The smallest absolute Gasteiger partial charge is 0.255 e. The summed E-state index contributed by atoms with van der Waals surface area (Å²) in [5.41, 5.74) is 2.15. The Morgan fingerprint density at radius 1 is 1.28 bits per heavy atom. The molecule has 1 N–H and O–H groups in total. The lowest BCUT2D eigenvalue weighted by atomic mass is 10.2. The van der Waals surface area contributed by atoms with Gasteiger partial charge in [-0.3, -0.25) is 9.78 Å². The van der Waals surface area contributed by atoms with Crippen LogP contribution in [-0.2, 0) is 0 Å². The van der Waals surface area contributed by atoms with E-state index in [1.807, 2.05) is 13.0 Å². The molecule has 0 atom stereocenters. The van der Waals surface area contributed by atoms with Crippen LogP contribution in [0, 0.1) is 6.92 Å². The van der Waals surface area contributed by atoms with Gasteiger partial charge in [0.15, 0.2) is 0 Å². The highest BCUT2D eigenvalue weighted by Crippen LogP contribution is 2.20. The largest absolute Gasteiger partial charge is 0.321 e. The number of rotatable bonds is 2. The average molecular weight is 326 g/mol. The standard InChI is InChI=1S/C13H10BrClN2O/c1-8-2-12(7-16-6-8)17-13(18)9-3-10(14)5-11(15)4-9/h2-7H,1H3,(H,17,18). The predicted octanol–water partition coefficient (Wildman–Crippen LogP) is 4.06. The number of halogens is 2. The number of carbonyl (C=O) groups is 1. The van der Waals surface area contributed by atoms with Crippen molar-refractivity contribution in [2.24, 2.45) is 0 Å². The van der Waals surface area contributed by atoms with E-state index in [2.05, 4.69) is 26.2 Å². The fourth-order valence-corrected chi connectivity index (χ4v) is 2.37. The van der Waals surface area contributed by atoms with E-state index in [0.29, 0.717) is 16.3 Å². The number of hydrogen-bond acceptors (Lipinski definition) is 2. The van der Waals surface area contributed by atoms with E-state index in [4.69, 9.17) is 11.6 Å². The molecule has 0 spiro atoms. The maximum absolute atomic E-state index is 12.0. The van der Waals surface area contributed by atoms with Gasteiger partial charge in [-0.25, -0.2) is 0 Å². The van der Waals surface area contributed by atoms with E-state index in [1.54, 1.807) is 30.6 Å². The number of nitrogens with zero attached hydrogens (tertiary/aromatic N) is 1. The number of hydrogen-bond donors (Lipinski definition) is 1. The lowest BCUT2D eigenvalue weighted by molar-refractivity contribution is 0.102. The molecule has 18 heavy (non-hydrogen) atoms. The van der Waals surface area contributed by atoms with Gasteiger partial charge in [0.05, 0.1) is 11.9 Å². The molecule has 1 amide bonds. The van der Waals surface area contributed by atoms with Gasteiger partial charge in [0, 0.05) is 21.3 Å². The minimum absolute atomic E-state index is 0.217. The first kappa shape index (κ1) is 13.1. The summed E-state index contributed by atoms with van der Waals surface area (Å²) in [5, 5.41) is 3.28. The van der Waals surface area contributed by atoms with Crippen LogP contribution in [0.5, 0.6) is 0 Å². The Labute approximate surface area is 118 Å². The predicted molar refractivity (Wildman–Crippen MR) is 76.1 cm³/mol. The van der Waals surface area contributed by atoms with Crippen molar-refractivity contribution in [1.82, 2.24) is 4.98 Å². The van der Waals surface area contributed by atoms with Gasteiger partial charge in [-0.1, -0.05) is 27.5 Å². The molecule has 0 aliphatic carbocycles. The van der Waals surface area contributed by atoms with Crippen molar-refractivity contribution < 1.29 is 4.79 Å². The minimum atomic E-state index is -0.217. The zero-order valence-corrected chi connectivity index (χ0v) is 11.9. The normalized spacial score (nSPS) is 10.2. The highest BCUT2D eigenvalue weighted by Gasteiger charge is 2.08. The van der Waals surface area contributed by atoms with Crippen LogP contribution in [0.25, 0.3) is 0 Å². The third-order valence-electron chi connectivity index (χ3n) is 2.26. The summed E-state index contributed by atoms with van der Waals surface area (Å²) in [7, 11) is 0. The molecule has 0 fully saturated rings. The number of nitrogens with one attached hydrogen (secondary N) is 1. The maximum atomic E-state index is 12.0. The summed E-state index contributed by atoms with van der Waals surface area (Å²) in [6.07, 6.45) is 3.33. The molecule has 1 aromatic heterocycles. The van der Waals surface area contributed by atoms with Crippen LogP contribution in [0.4, 0.5) is 5.69 Å². The van der Waals surface area contributed by atoms with Crippen molar-refractivity contribution in [3.05, 3.63) is 57.3 Å². The minimum Gasteiger partial charge on any atom is -0.321 e. The summed E-state index contributed by atoms with van der Waals surface area (Å²) in [6.45, 7) is 1.92. The van der Waals surface area contributed by atoms with Gasteiger partial charge in [-0.2, -0.15) is 0 Å². The molecule has 0 unspecified atom stereocenters. The molecule has 0 saturated heterocycles. The highest BCUT2D eigenvalue weighted by molar-refractivity contribution is 9.10. The van der Waals surface area contributed by atoms with E-state index in [0.717, 1.165) is 10.0 Å². The van der Waals surface area contributed by atoms with E-state index in [9.17, 15) is 4.79 Å². The number of aryl methyl sites for hydroxylation is 1. The molecule has 2 rings (SSSR count). The SMILES string of the molecule is Cc1cncc(NC(=O)c2cc(Cl)cc(Br)c2)c1. The van der Waals surface area contributed by atoms with Crippen molar-refractivity contribution in [1.29, 1.82) is 0 Å². The Kier molecular flexibility index (Phi) is 3.99. The number of anilines is 1. The molecule has 0 aliphatic heterocycles. The van der Waals surface area contributed by atoms with Gasteiger partial charge in [-0.05, 0) is 36.8 Å². The quantitative estimate of drug-likeness (QED) is 0.905. The van der Waals surface area contributed by atoms with Gasteiger partial charge in [0.25, 0.3) is 5.91 Å². The summed E-state index contributed by atoms with van der Waals surface area (Å²) >= 11 is 9.20. The van der Waals surface area contributed by atoms with Crippen molar-refractivity contribution in [3.8, 4) is 0 Å². The lowest BCUT2D eigenvalue weighted by Crippen LogP contribution is -2.12. The molecule has 3 nitrogen and oxygen atoms in total. The van der Waals surface area contributed by atoms with Gasteiger partial charge < -0.3 is 5.32 Å². The molecule has 2 aromatic rings. The molecule has 1 heterocycles. The number of aromatic nitrogens is 1. The second kappa shape index (κ2) is 5.50. The fourth-order valence-electron chi connectivity index (χ4n) is 1.51. The number of benzene rings is 1. The summed E-state index contributed by atoms with van der Waals surface area (Å²) < 4.78 is 0.766. The van der Waals surface area contributed by atoms with E-state index in [-0.39, 0.29) is 5.91 Å². The Bertz CT molecular complexity index is 581. The van der Waals surface area contributed by atoms with Crippen LogP contribution in [0.2, 0.25) is 5.02 Å². The van der Waals surface area contributed by atoms with Crippen LogP contribution in [0.15, 0.2) is 41.1 Å². The second-order valence-electron chi connectivity index (χ2n) is 3.86. The van der Waals surface area contributed by atoms with Gasteiger partial charge in [-0.15, -0.1) is 0 Å². The van der Waals surface area contributed by atoms with E-state index < -0.39 is 0 Å². The molecule has 0 radical (unpaired) electrons. The number of carbonyl (C=O) groups excluding carboxylic acids is 1. The Balaban J connectivity index is 2.22. The zero-order valence-electron chi connectivity index (χ0n) is 9.58. The van der Waals surface area contributed by atoms with E-state index in [1.165, 1.54) is 0 Å². The first-order valence-corrected chi connectivity index (χ1v) is 6.41. The molecular formula is C13H10BrClN2O. The Morgan fingerprint density at radius 3 is 2.72 bits per heavy atom. The van der Waals surface area contributed by atoms with Gasteiger partial charge in [0.2, 0.25) is 0 Å². The first-order chi connectivity index (χ1) is 8.54. The van der Waals surface area contributed by atoms with Crippen molar-refractivity contribution >= 4 is 39.1 Å². The van der Waals surface area contributed by atoms with Gasteiger partial charge >= 0.3 is 0 Å². The van der Waals surface area contributed by atoms with Crippen LogP contribution < -0.4 is 5.32 Å². The van der Waals surface area contributed by atoms with Crippen LogP contribution >= 0.6 is 27.5 Å². The Hall–Kier alpha value is -1.39. The molecule has 1 aromatic carbocycles. The van der Waals surface area contributed by atoms with Crippen molar-refractivity contribution in [2.45, 2.75) is 6.92 Å². The lowest BCUT2D eigenvalue weighted by Gasteiger charge is -2.06. The molecule has 0 bridgehead atoms. The van der Waals surface area contributed by atoms with Crippen LogP contribution in [0.3, 0.4) is 0 Å². The molecule has 0 saturated carbocycles. The third kappa shape index (κ3) is 3.31. The summed E-state index contributed by atoms with van der Waals surface area (Å²) in [5.74, 6) is -0.217. The van der Waals surface area contributed by atoms with Crippen LogP contribution in [-0.4, -0.2) is 10.9 Å². The van der Waals surface area contributed by atoms with Gasteiger partial charge in [0.1, 0.15) is 0 Å². The number of amides is 1. The van der Waals surface area contributed by atoms with Crippen molar-refractivity contribution in [2.75, 3.05) is 5.32 Å². The summed E-state index contributed by atoms with van der Waals surface area (Å²) in [6, 6.07) is 6.91. The fraction of sp³-hybridized carbons (Fsp3) is 0.0769. The highest BCUT2D eigenvalue weighted by atomic mass is 79.9. The zero-order chi connectivity index (χ0) is 13.1. The second-order valence-corrected chi connectivity index (χ2v) is 5.22. The maximum Gasteiger partial charge on any atom is 0.255 e.